The number of benzene rings is 3. The van der Waals surface area contributed by atoms with Crippen molar-refractivity contribution in [2.45, 2.75) is 46.3 Å². The van der Waals surface area contributed by atoms with Crippen LogP contribution in [-0.4, -0.2) is 55.3 Å². The summed E-state index contributed by atoms with van der Waals surface area (Å²) in [6.45, 7) is 8.62. The molecule has 0 saturated heterocycles. The highest BCUT2D eigenvalue weighted by atomic mass is 19.4. The molecule has 218 valence electrons. The standard InChI is InChI=1S/C31H35F3N4O3/c1-5-36(6-2)27-18-21(13-15-26(27)37(7-3)30(41)31(32,33)34)23-14-12-22(19-28(23)39)29(40)38-17-16-20(4)35-24-10-8-9-11-25(24)38/h8-15,18-20,35,39H,5-7,16-17H2,1-4H3/t20-/m0/s1. The molecule has 3 aromatic rings. The number of amides is 2. The maximum atomic E-state index is 13.6. The summed E-state index contributed by atoms with van der Waals surface area (Å²) in [4.78, 5) is 30.1. The molecule has 4 rings (SSSR count). The second-order valence-electron chi connectivity index (χ2n) is 9.96. The van der Waals surface area contributed by atoms with Gasteiger partial charge in [0.15, 0.2) is 0 Å². The largest absolute Gasteiger partial charge is 0.507 e. The van der Waals surface area contributed by atoms with Crippen molar-refractivity contribution in [2.75, 3.05) is 46.2 Å². The van der Waals surface area contributed by atoms with Gasteiger partial charge in [0, 0.05) is 43.3 Å². The third-order valence-corrected chi connectivity index (χ3v) is 7.36. The zero-order chi connectivity index (χ0) is 29.9. The highest BCUT2D eigenvalue weighted by molar-refractivity contribution is 6.08. The maximum absolute atomic E-state index is 13.6. The summed E-state index contributed by atoms with van der Waals surface area (Å²) in [6.07, 6.45) is -4.27. The molecule has 7 nitrogen and oxygen atoms in total. The highest BCUT2D eigenvalue weighted by Gasteiger charge is 2.43. The monoisotopic (exact) mass is 568 g/mol. The molecule has 0 unspecified atom stereocenters. The maximum Gasteiger partial charge on any atom is 0.471 e. The molecule has 3 aromatic carbocycles. The number of nitrogens with zero attached hydrogens (tertiary/aromatic N) is 3. The molecule has 1 atom stereocenters. The third-order valence-electron chi connectivity index (χ3n) is 7.36. The van der Waals surface area contributed by atoms with Crippen LogP contribution in [0, 0.1) is 0 Å². The van der Waals surface area contributed by atoms with Gasteiger partial charge < -0.3 is 25.1 Å². The van der Waals surface area contributed by atoms with Gasteiger partial charge in [0.2, 0.25) is 0 Å². The summed E-state index contributed by atoms with van der Waals surface area (Å²) in [5.41, 5.74) is 3.47. The van der Waals surface area contributed by atoms with Gasteiger partial charge in [-0.15, -0.1) is 0 Å². The Morgan fingerprint density at radius 1 is 0.976 bits per heavy atom. The smallest absolute Gasteiger partial charge is 0.471 e. The molecule has 0 aliphatic carbocycles. The van der Waals surface area contributed by atoms with Crippen LogP contribution in [0.2, 0.25) is 0 Å². The van der Waals surface area contributed by atoms with Crippen molar-refractivity contribution in [3.8, 4) is 16.9 Å². The number of carbonyl (C=O) groups excluding carboxylic acids is 2. The van der Waals surface area contributed by atoms with E-state index in [0.717, 1.165) is 17.8 Å². The second-order valence-corrected chi connectivity index (χ2v) is 9.96. The summed E-state index contributed by atoms with van der Waals surface area (Å²) >= 11 is 0. The van der Waals surface area contributed by atoms with Crippen LogP contribution in [0.1, 0.15) is 44.5 Å². The minimum absolute atomic E-state index is 0.135. The van der Waals surface area contributed by atoms with Gasteiger partial charge in [-0.1, -0.05) is 18.2 Å². The van der Waals surface area contributed by atoms with Crippen molar-refractivity contribution in [2.24, 2.45) is 0 Å². The van der Waals surface area contributed by atoms with E-state index in [0.29, 0.717) is 46.9 Å². The molecule has 2 amide bonds. The topological polar surface area (TPSA) is 76.1 Å². The van der Waals surface area contributed by atoms with E-state index in [2.05, 4.69) is 12.2 Å². The first-order valence-corrected chi connectivity index (χ1v) is 13.8. The fraction of sp³-hybridized carbons (Fsp3) is 0.355. The number of phenols is 1. The van der Waals surface area contributed by atoms with Crippen molar-refractivity contribution in [1.82, 2.24) is 0 Å². The predicted octanol–water partition coefficient (Wildman–Crippen LogP) is 6.67. The van der Waals surface area contributed by atoms with Gasteiger partial charge >= 0.3 is 12.1 Å². The Balaban J connectivity index is 1.72. The molecule has 0 bridgehead atoms. The van der Waals surface area contributed by atoms with Crippen molar-refractivity contribution in [3.63, 3.8) is 0 Å². The Kier molecular flexibility index (Phi) is 8.80. The van der Waals surface area contributed by atoms with Crippen LogP contribution in [-0.2, 0) is 4.79 Å². The molecule has 41 heavy (non-hydrogen) atoms. The average molecular weight is 569 g/mol. The quantitative estimate of drug-likeness (QED) is 0.333. The molecule has 1 heterocycles. The molecule has 0 radical (unpaired) electrons. The molecule has 0 fully saturated rings. The van der Waals surface area contributed by atoms with E-state index in [9.17, 15) is 27.9 Å². The first-order chi connectivity index (χ1) is 19.5. The zero-order valence-electron chi connectivity index (χ0n) is 23.6. The molecule has 1 aliphatic heterocycles. The van der Waals surface area contributed by atoms with Crippen LogP contribution in [0.5, 0.6) is 5.75 Å². The number of hydrogen-bond donors (Lipinski definition) is 2. The van der Waals surface area contributed by atoms with E-state index in [4.69, 9.17) is 0 Å². The summed E-state index contributed by atoms with van der Waals surface area (Å²) in [6, 6.07) is 17.2. The Labute approximate surface area is 238 Å². The van der Waals surface area contributed by atoms with Crippen LogP contribution in [0.4, 0.5) is 35.9 Å². The SMILES string of the molecule is CCN(CC)c1cc(-c2ccc(C(=O)N3CC[C@H](C)Nc4ccccc43)cc2O)ccc1N(CC)C(=O)C(F)(F)F. The number of aromatic hydroxyl groups is 1. The molecule has 0 aromatic heterocycles. The van der Waals surface area contributed by atoms with Crippen molar-refractivity contribution >= 4 is 34.6 Å². The van der Waals surface area contributed by atoms with Gasteiger partial charge in [-0.3, -0.25) is 9.59 Å². The Morgan fingerprint density at radius 2 is 1.68 bits per heavy atom. The Hall–Kier alpha value is -4.21. The lowest BCUT2D eigenvalue weighted by Gasteiger charge is -2.30. The molecular weight excluding hydrogens is 533 g/mol. The minimum Gasteiger partial charge on any atom is -0.507 e. The highest BCUT2D eigenvalue weighted by Crippen LogP contribution is 2.39. The summed E-state index contributed by atoms with van der Waals surface area (Å²) in [5, 5.41) is 14.5. The van der Waals surface area contributed by atoms with Crippen LogP contribution >= 0.6 is 0 Å². The first kappa shape index (κ1) is 29.8. The van der Waals surface area contributed by atoms with Gasteiger partial charge in [-0.05, 0) is 82.1 Å². The molecule has 0 spiro atoms. The predicted molar refractivity (Wildman–Crippen MR) is 157 cm³/mol. The number of anilines is 4. The van der Waals surface area contributed by atoms with Crippen LogP contribution in [0.25, 0.3) is 11.1 Å². The van der Waals surface area contributed by atoms with E-state index >= 15 is 0 Å². The van der Waals surface area contributed by atoms with Crippen molar-refractivity contribution < 1.29 is 27.9 Å². The zero-order valence-corrected chi connectivity index (χ0v) is 23.6. The number of nitrogens with one attached hydrogen (secondary N) is 1. The van der Waals surface area contributed by atoms with Gasteiger partial charge in [0.1, 0.15) is 5.75 Å². The summed E-state index contributed by atoms with van der Waals surface area (Å²) < 4.78 is 40.1. The lowest BCUT2D eigenvalue weighted by molar-refractivity contribution is -0.170. The average Bonchev–Trinajstić information content (AvgIpc) is 3.11. The van der Waals surface area contributed by atoms with E-state index in [1.807, 2.05) is 43.0 Å². The number of rotatable bonds is 7. The van der Waals surface area contributed by atoms with Crippen LogP contribution in [0.3, 0.4) is 0 Å². The minimum atomic E-state index is -5.02. The fourth-order valence-electron chi connectivity index (χ4n) is 5.20. The van der Waals surface area contributed by atoms with E-state index in [1.54, 1.807) is 29.2 Å². The summed E-state index contributed by atoms with van der Waals surface area (Å²) in [7, 11) is 0. The van der Waals surface area contributed by atoms with Crippen molar-refractivity contribution in [1.29, 1.82) is 0 Å². The van der Waals surface area contributed by atoms with E-state index in [1.165, 1.54) is 19.1 Å². The van der Waals surface area contributed by atoms with Crippen LogP contribution in [0.15, 0.2) is 60.7 Å². The number of fused-ring (bicyclic) bond motifs is 1. The van der Waals surface area contributed by atoms with Gasteiger partial charge in [-0.25, -0.2) is 0 Å². The summed E-state index contributed by atoms with van der Waals surface area (Å²) in [5.74, 6) is -2.33. The fourth-order valence-corrected chi connectivity index (χ4v) is 5.20. The van der Waals surface area contributed by atoms with Gasteiger partial charge in [0.25, 0.3) is 5.91 Å². The Bertz CT molecular complexity index is 1420. The second kappa shape index (κ2) is 12.1. The van der Waals surface area contributed by atoms with Gasteiger partial charge in [-0.2, -0.15) is 13.2 Å². The lowest BCUT2D eigenvalue weighted by Crippen LogP contribution is -2.42. The first-order valence-electron chi connectivity index (χ1n) is 13.8. The number of phenolic OH excluding ortho intramolecular Hbond substituents is 1. The molecule has 10 heteroatoms. The number of carbonyl (C=O) groups is 2. The lowest BCUT2D eigenvalue weighted by atomic mass is 10.00. The number of hydrogen-bond acceptors (Lipinski definition) is 5. The number of para-hydroxylation sites is 2. The van der Waals surface area contributed by atoms with Crippen LogP contribution < -0.4 is 20.0 Å². The normalized spacial score (nSPS) is 15.0. The Morgan fingerprint density at radius 3 is 2.32 bits per heavy atom. The van der Waals surface area contributed by atoms with E-state index < -0.39 is 12.1 Å². The number of halogens is 3. The van der Waals surface area contributed by atoms with Gasteiger partial charge in [0.05, 0.1) is 22.7 Å². The third kappa shape index (κ3) is 6.11. The van der Waals surface area contributed by atoms with Crippen molar-refractivity contribution in [3.05, 3.63) is 66.2 Å². The molecule has 2 N–H and O–H groups in total. The molecule has 1 aliphatic rings. The van der Waals surface area contributed by atoms with E-state index in [-0.39, 0.29) is 29.9 Å². The molecule has 0 saturated carbocycles. The number of alkyl halides is 3. The molecular formula is C31H35F3N4O3.